The Morgan fingerprint density at radius 1 is 0.976 bits per heavy atom. The second-order valence-corrected chi connectivity index (χ2v) is 12.7. The summed E-state index contributed by atoms with van der Waals surface area (Å²) in [5.74, 6) is -0.668. The lowest BCUT2D eigenvalue weighted by Gasteiger charge is -2.33. The molecule has 0 aliphatic carbocycles. The summed E-state index contributed by atoms with van der Waals surface area (Å²) in [6, 6.07) is 16.8. The second kappa shape index (κ2) is 14.8. The molecular formula is C31H37Cl2N3O5S. The van der Waals surface area contributed by atoms with E-state index >= 15 is 0 Å². The van der Waals surface area contributed by atoms with Crippen molar-refractivity contribution in [1.82, 2.24) is 10.2 Å². The molecule has 1 N–H and O–H groups in total. The average Bonchev–Trinajstić information content (AvgIpc) is 2.95. The lowest BCUT2D eigenvalue weighted by Crippen LogP contribution is -2.52. The molecule has 226 valence electrons. The first-order valence-corrected chi connectivity index (χ1v) is 15.9. The van der Waals surface area contributed by atoms with Gasteiger partial charge >= 0.3 is 0 Å². The smallest absolute Gasteiger partial charge is 0.264 e. The highest BCUT2D eigenvalue weighted by Crippen LogP contribution is 2.33. The number of benzene rings is 3. The van der Waals surface area contributed by atoms with Gasteiger partial charge in [0.05, 0.1) is 17.2 Å². The van der Waals surface area contributed by atoms with Crippen molar-refractivity contribution >= 4 is 50.7 Å². The van der Waals surface area contributed by atoms with Crippen molar-refractivity contribution in [3.8, 4) is 5.75 Å². The minimum Gasteiger partial charge on any atom is -0.492 e. The van der Waals surface area contributed by atoms with Crippen LogP contribution in [0.3, 0.4) is 0 Å². The van der Waals surface area contributed by atoms with Crippen molar-refractivity contribution in [2.45, 2.75) is 64.6 Å². The highest BCUT2D eigenvalue weighted by Gasteiger charge is 2.34. The van der Waals surface area contributed by atoms with E-state index in [-0.39, 0.29) is 35.7 Å². The molecular weight excluding hydrogens is 597 g/mol. The molecule has 0 aliphatic heterocycles. The number of aryl methyl sites for hydroxylation is 1. The van der Waals surface area contributed by atoms with Crippen LogP contribution in [0.1, 0.15) is 45.2 Å². The molecule has 3 aromatic carbocycles. The predicted molar refractivity (Wildman–Crippen MR) is 168 cm³/mol. The quantitative estimate of drug-likeness (QED) is 0.241. The van der Waals surface area contributed by atoms with E-state index in [9.17, 15) is 18.0 Å². The first-order chi connectivity index (χ1) is 19.9. The van der Waals surface area contributed by atoms with E-state index in [2.05, 4.69) is 5.32 Å². The zero-order chi connectivity index (χ0) is 31.0. The van der Waals surface area contributed by atoms with E-state index in [4.69, 9.17) is 27.9 Å². The number of anilines is 1. The van der Waals surface area contributed by atoms with Gasteiger partial charge in [-0.3, -0.25) is 13.9 Å². The van der Waals surface area contributed by atoms with Gasteiger partial charge in [0.15, 0.2) is 0 Å². The third kappa shape index (κ3) is 8.18. The monoisotopic (exact) mass is 633 g/mol. The Morgan fingerprint density at radius 3 is 2.26 bits per heavy atom. The first-order valence-electron chi connectivity index (χ1n) is 13.7. The number of hydrogen-bond acceptors (Lipinski definition) is 5. The molecule has 0 spiro atoms. The van der Waals surface area contributed by atoms with Gasteiger partial charge in [0, 0.05) is 22.6 Å². The van der Waals surface area contributed by atoms with Gasteiger partial charge in [-0.15, -0.1) is 0 Å². The number of nitrogens with one attached hydrogen (secondary N) is 1. The lowest BCUT2D eigenvalue weighted by molar-refractivity contribution is -0.139. The van der Waals surface area contributed by atoms with E-state index < -0.39 is 28.5 Å². The summed E-state index contributed by atoms with van der Waals surface area (Å²) >= 11 is 12.5. The Hall–Kier alpha value is -3.27. The molecule has 0 radical (unpaired) electrons. The average molecular weight is 635 g/mol. The van der Waals surface area contributed by atoms with E-state index in [0.717, 1.165) is 9.87 Å². The van der Waals surface area contributed by atoms with Gasteiger partial charge in [0.1, 0.15) is 18.3 Å². The van der Waals surface area contributed by atoms with Crippen LogP contribution in [-0.2, 0) is 26.2 Å². The van der Waals surface area contributed by atoms with Crippen molar-refractivity contribution in [1.29, 1.82) is 0 Å². The number of ether oxygens (including phenoxy) is 1. The Balaban J connectivity index is 2.10. The van der Waals surface area contributed by atoms with Gasteiger partial charge in [-0.1, -0.05) is 66.0 Å². The predicted octanol–water partition coefficient (Wildman–Crippen LogP) is 6.23. The zero-order valence-electron chi connectivity index (χ0n) is 24.4. The van der Waals surface area contributed by atoms with E-state index in [1.165, 1.54) is 17.0 Å². The third-order valence-corrected chi connectivity index (χ3v) is 9.21. The minimum atomic E-state index is -4.23. The highest BCUT2D eigenvalue weighted by atomic mass is 35.5. The van der Waals surface area contributed by atoms with Crippen LogP contribution in [0.2, 0.25) is 10.0 Å². The highest BCUT2D eigenvalue weighted by molar-refractivity contribution is 7.92. The molecule has 0 unspecified atom stereocenters. The second-order valence-electron chi connectivity index (χ2n) is 9.98. The molecule has 0 saturated heterocycles. The SMILES string of the molecule is CCOc1ccccc1N(CC(=O)N(Cc1ccc(Cl)cc1Cl)[C@@H](C)C(=O)N[C@@H](C)CC)S(=O)(=O)c1ccc(C)cc1. The summed E-state index contributed by atoms with van der Waals surface area (Å²) in [6.45, 7) is 8.71. The van der Waals surface area contributed by atoms with Gasteiger partial charge in [-0.25, -0.2) is 8.42 Å². The van der Waals surface area contributed by atoms with Gasteiger partial charge in [-0.05, 0) is 76.1 Å². The molecule has 42 heavy (non-hydrogen) atoms. The van der Waals surface area contributed by atoms with Gasteiger partial charge in [-0.2, -0.15) is 0 Å². The molecule has 0 heterocycles. The van der Waals surface area contributed by atoms with Gasteiger partial charge in [0.2, 0.25) is 11.8 Å². The topological polar surface area (TPSA) is 96.0 Å². The standard InChI is InChI=1S/C31H37Cl2N3O5S/c1-6-22(4)34-31(38)23(5)35(19-24-14-15-25(32)18-27(24)33)30(37)20-36(28-10-8-9-11-29(28)41-7-2)42(39,40)26-16-12-21(3)13-17-26/h8-18,22-23H,6-7,19-20H2,1-5H3,(H,34,38)/t22-,23-/m0/s1. The molecule has 3 aromatic rings. The first kappa shape index (κ1) is 33.2. The number of rotatable bonds is 13. The fourth-order valence-electron chi connectivity index (χ4n) is 4.17. The molecule has 0 aromatic heterocycles. The number of hydrogen-bond donors (Lipinski definition) is 1. The van der Waals surface area contributed by atoms with Crippen molar-refractivity contribution in [2.75, 3.05) is 17.5 Å². The van der Waals surface area contributed by atoms with Crippen molar-refractivity contribution in [3.63, 3.8) is 0 Å². The maximum Gasteiger partial charge on any atom is 0.264 e. The van der Waals surface area contributed by atoms with Crippen LogP contribution < -0.4 is 14.4 Å². The van der Waals surface area contributed by atoms with Crippen LogP contribution >= 0.6 is 23.2 Å². The summed E-state index contributed by atoms with van der Waals surface area (Å²) < 4.78 is 34.9. The number of carbonyl (C=O) groups is 2. The molecule has 2 atom stereocenters. The summed E-state index contributed by atoms with van der Waals surface area (Å²) in [7, 11) is -4.23. The van der Waals surface area contributed by atoms with Crippen molar-refractivity contribution in [3.05, 3.63) is 87.9 Å². The number of sulfonamides is 1. The van der Waals surface area contributed by atoms with E-state index in [1.807, 2.05) is 20.8 Å². The van der Waals surface area contributed by atoms with E-state index in [1.54, 1.807) is 68.4 Å². The molecule has 0 saturated carbocycles. The minimum absolute atomic E-state index is 0.0158. The maximum atomic E-state index is 14.1. The van der Waals surface area contributed by atoms with Crippen molar-refractivity contribution in [2.24, 2.45) is 0 Å². The normalized spacial score (nSPS) is 12.7. The number of nitrogens with zero attached hydrogens (tertiary/aromatic N) is 2. The summed E-state index contributed by atoms with van der Waals surface area (Å²) in [4.78, 5) is 28.7. The third-order valence-electron chi connectivity index (χ3n) is 6.85. The summed E-state index contributed by atoms with van der Waals surface area (Å²) in [6.07, 6.45) is 0.701. The molecule has 2 amide bonds. The summed E-state index contributed by atoms with van der Waals surface area (Å²) in [5, 5.41) is 3.65. The van der Waals surface area contributed by atoms with Crippen LogP contribution in [0.5, 0.6) is 5.75 Å². The molecule has 11 heteroatoms. The Kier molecular flexibility index (Phi) is 11.7. The Labute approximate surface area is 258 Å². The number of carbonyl (C=O) groups excluding carboxylic acids is 2. The zero-order valence-corrected chi connectivity index (χ0v) is 26.8. The fourth-order valence-corrected chi connectivity index (χ4v) is 6.07. The van der Waals surface area contributed by atoms with E-state index in [0.29, 0.717) is 27.8 Å². The molecule has 3 rings (SSSR count). The lowest BCUT2D eigenvalue weighted by atomic mass is 10.1. The molecule has 0 aliphatic rings. The van der Waals surface area contributed by atoms with Crippen molar-refractivity contribution < 1.29 is 22.7 Å². The van der Waals surface area contributed by atoms with Gasteiger partial charge < -0.3 is 15.0 Å². The number of amides is 2. The number of halogens is 2. The molecule has 0 bridgehead atoms. The molecule has 0 fully saturated rings. The van der Waals surface area contributed by atoms with Crippen LogP contribution in [0.15, 0.2) is 71.6 Å². The maximum absolute atomic E-state index is 14.1. The fraction of sp³-hybridized carbons (Fsp3) is 0.355. The Morgan fingerprint density at radius 2 is 1.64 bits per heavy atom. The van der Waals surface area contributed by atoms with Crippen LogP contribution in [-0.4, -0.2) is 50.4 Å². The van der Waals surface area contributed by atoms with Gasteiger partial charge in [0.25, 0.3) is 10.0 Å². The van der Waals surface area contributed by atoms with Crippen LogP contribution in [0, 0.1) is 6.92 Å². The molecule has 8 nitrogen and oxygen atoms in total. The van der Waals surface area contributed by atoms with Crippen LogP contribution in [0.25, 0.3) is 0 Å². The Bertz CT molecular complexity index is 1500. The summed E-state index contributed by atoms with van der Waals surface area (Å²) in [5.41, 5.74) is 1.65. The largest absolute Gasteiger partial charge is 0.492 e. The van der Waals surface area contributed by atoms with Crippen LogP contribution in [0.4, 0.5) is 5.69 Å². The number of para-hydroxylation sites is 2.